The minimum atomic E-state index is -0.329. The second-order valence-corrected chi connectivity index (χ2v) is 7.96. The summed E-state index contributed by atoms with van der Waals surface area (Å²) in [7, 11) is 0. The average molecular weight is 422 g/mol. The van der Waals surface area contributed by atoms with Gasteiger partial charge in [0.15, 0.2) is 0 Å². The van der Waals surface area contributed by atoms with E-state index in [-0.39, 0.29) is 23.8 Å². The normalized spacial score (nSPS) is 11.9. The van der Waals surface area contributed by atoms with Crippen molar-refractivity contribution in [3.05, 3.63) is 53.9 Å². The van der Waals surface area contributed by atoms with Crippen LogP contribution in [0.3, 0.4) is 0 Å². The minimum Gasteiger partial charge on any atom is -0.342 e. The number of amides is 3. The van der Waals surface area contributed by atoms with Gasteiger partial charge in [-0.15, -0.1) is 0 Å². The number of H-pyrrole nitrogens is 1. The third-order valence-electron chi connectivity index (χ3n) is 4.59. The monoisotopic (exact) mass is 421 g/mol. The van der Waals surface area contributed by atoms with Crippen molar-refractivity contribution in [2.24, 2.45) is 5.92 Å². The summed E-state index contributed by atoms with van der Waals surface area (Å²) in [6, 6.07) is 12.1. The van der Waals surface area contributed by atoms with Crippen LogP contribution in [0.2, 0.25) is 0 Å². The summed E-state index contributed by atoms with van der Waals surface area (Å²) in [6.07, 6.45) is 0.690. The first kappa shape index (κ1) is 22.0. The molecule has 8 nitrogen and oxygen atoms in total. The number of nitrogens with zero attached hydrogens (tertiary/aromatic N) is 1. The number of aromatic nitrogens is 2. The number of rotatable bonds is 7. The maximum Gasteiger partial charge on any atom is 0.252 e. The third-order valence-corrected chi connectivity index (χ3v) is 4.59. The largest absolute Gasteiger partial charge is 0.342 e. The Morgan fingerprint density at radius 2 is 1.58 bits per heavy atom. The summed E-state index contributed by atoms with van der Waals surface area (Å²) in [6.45, 7) is 6.91. The molecule has 0 saturated carbocycles. The Bertz CT molecular complexity index is 1050. The molecule has 2 aromatic carbocycles. The molecule has 0 spiro atoms. The lowest BCUT2D eigenvalue weighted by Crippen LogP contribution is -2.30. The zero-order chi connectivity index (χ0) is 22.5. The Morgan fingerprint density at radius 1 is 0.968 bits per heavy atom. The number of anilines is 2. The number of imidazole rings is 1. The van der Waals surface area contributed by atoms with Gasteiger partial charge in [0.2, 0.25) is 11.8 Å². The Hall–Kier alpha value is -3.68. The van der Waals surface area contributed by atoms with Crippen molar-refractivity contribution in [1.82, 2.24) is 15.3 Å². The summed E-state index contributed by atoms with van der Waals surface area (Å²) < 4.78 is 0. The van der Waals surface area contributed by atoms with E-state index < -0.39 is 0 Å². The third kappa shape index (κ3) is 5.91. The van der Waals surface area contributed by atoms with Crippen molar-refractivity contribution >= 4 is 40.1 Å². The first-order valence-electron chi connectivity index (χ1n) is 10.2. The van der Waals surface area contributed by atoms with Gasteiger partial charge in [0.05, 0.1) is 17.1 Å². The van der Waals surface area contributed by atoms with E-state index in [0.29, 0.717) is 35.1 Å². The first-order valence-corrected chi connectivity index (χ1v) is 10.2. The highest BCUT2D eigenvalue weighted by Gasteiger charge is 2.21. The van der Waals surface area contributed by atoms with E-state index in [4.69, 9.17) is 0 Å². The van der Waals surface area contributed by atoms with E-state index in [1.54, 1.807) is 18.2 Å². The van der Waals surface area contributed by atoms with Gasteiger partial charge >= 0.3 is 0 Å². The van der Waals surface area contributed by atoms with Crippen molar-refractivity contribution in [1.29, 1.82) is 0 Å². The topological polar surface area (TPSA) is 116 Å². The Balaban J connectivity index is 1.91. The van der Waals surface area contributed by atoms with Crippen LogP contribution in [0.25, 0.3) is 11.0 Å². The zero-order valence-corrected chi connectivity index (χ0v) is 18.1. The SMILES string of the molecule is CC(=O)Nc1cc(NC(C)=O)cc(C(=O)NC(CC(C)C)c2nc3ccccc3[nH]2)c1. The number of fused-ring (bicyclic) bond motifs is 1. The minimum absolute atomic E-state index is 0.272. The summed E-state index contributed by atoms with van der Waals surface area (Å²) >= 11 is 0. The fraction of sp³-hybridized carbons (Fsp3) is 0.304. The van der Waals surface area contributed by atoms with Crippen molar-refractivity contribution in [3.63, 3.8) is 0 Å². The molecule has 0 aliphatic rings. The van der Waals surface area contributed by atoms with Crippen LogP contribution in [0.4, 0.5) is 11.4 Å². The summed E-state index contributed by atoms with van der Waals surface area (Å²) in [5.41, 5.74) is 2.91. The highest BCUT2D eigenvalue weighted by Crippen LogP contribution is 2.24. The van der Waals surface area contributed by atoms with Crippen LogP contribution in [0.1, 0.15) is 56.3 Å². The van der Waals surface area contributed by atoms with Gasteiger partial charge in [0.25, 0.3) is 5.91 Å². The molecule has 162 valence electrons. The Kier molecular flexibility index (Phi) is 6.69. The van der Waals surface area contributed by atoms with Crippen LogP contribution in [0, 0.1) is 5.92 Å². The molecule has 3 aromatic rings. The number of carbonyl (C=O) groups is 3. The summed E-state index contributed by atoms with van der Waals surface area (Å²) in [5.74, 6) is 0.130. The molecule has 8 heteroatoms. The Morgan fingerprint density at radius 3 is 2.13 bits per heavy atom. The van der Waals surface area contributed by atoms with Crippen LogP contribution < -0.4 is 16.0 Å². The number of para-hydroxylation sites is 2. The molecule has 0 radical (unpaired) electrons. The number of hydrogen-bond donors (Lipinski definition) is 4. The number of nitrogens with one attached hydrogen (secondary N) is 4. The molecule has 3 amide bonds. The standard InChI is InChI=1S/C23H27N5O3/c1-13(2)9-21(22-26-19-7-5-6-8-20(19)27-22)28-23(31)16-10-17(24-14(3)29)12-18(11-16)25-15(4)30/h5-8,10-13,21H,9H2,1-4H3,(H,24,29)(H,25,30)(H,26,27)(H,28,31). The quantitative estimate of drug-likeness (QED) is 0.461. The van der Waals surface area contributed by atoms with Crippen LogP contribution in [0.15, 0.2) is 42.5 Å². The van der Waals surface area contributed by atoms with Crippen LogP contribution in [0.5, 0.6) is 0 Å². The molecule has 4 N–H and O–H groups in total. The molecule has 0 fully saturated rings. The van der Waals surface area contributed by atoms with Crippen LogP contribution in [-0.4, -0.2) is 27.7 Å². The predicted molar refractivity (Wildman–Crippen MR) is 121 cm³/mol. The number of benzene rings is 2. The lowest BCUT2D eigenvalue weighted by Gasteiger charge is -2.19. The van der Waals surface area contributed by atoms with Gasteiger partial charge in [0.1, 0.15) is 5.82 Å². The average Bonchev–Trinajstić information content (AvgIpc) is 3.10. The Labute approximate surface area is 180 Å². The molecule has 0 aliphatic heterocycles. The fourth-order valence-electron chi connectivity index (χ4n) is 3.40. The molecule has 31 heavy (non-hydrogen) atoms. The summed E-state index contributed by atoms with van der Waals surface area (Å²) in [5, 5.41) is 8.36. The molecular weight excluding hydrogens is 394 g/mol. The molecule has 1 aromatic heterocycles. The van der Waals surface area contributed by atoms with E-state index in [1.807, 2.05) is 24.3 Å². The maximum absolute atomic E-state index is 13.1. The van der Waals surface area contributed by atoms with E-state index in [2.05, 4.69) is 39.8 Å². The smallest absolute Gasteiger partial charge is 0.252 e. The molecule has 1 heterocycles. The first-order chi connectivity index (χ1) is 14.7. The number of carbonyl (C=O) groups excluding carboxylic acids is 3. The van der Waals surface area contributed by atoms with Gasteiger partial charge in [-0.2, -0.15) is 0 Å². The maximum atomic E-state index is 13.1. The van der Waals surface area contributed by atoms with E-state index in [0.717, 1.165) is 11.0 Å². The van der Waals surface area contributed by atoms with Gasteiger partial charge in [-0.05, 0) is 42.7 Å². The zero-order valence-electron chi connectivity index (χ0n) is 18.1. The molecule has 0 bridgehead atoms. The predicted octanol–water partition coefficient (Wildman–Crippen LogP) is 4.00. The highest BCUT2D eigenvalue weighted by atomic mass is 16.2. The van der Waals surface area contributed by atoms with Crippen molar-refractivity contribution in [2.75, 3.05) is 10.6 Å². The lowest BCUT2D eigenvalue weighted by atomic mass is 10.0. The molecular formula is C23H27N5O3. The number of aromatic amines is 1. The molecule has 1 atom stereocenters. The van der Waals surface area contributed by atoms with Gasteiger partial charge in [-0.1, -0.05) is 26.0 Å². The summed E-state index contributed by atoms with van der Waals surface area (Å²) in [4.78, 5) is 44.0. The van der Waals surface area contributed by atoms with Gasteiger partial charge in [-0.3, -0.25) is 14.4 Å². The van der Waals surface area contributed by atoms with Crippen molar-refractivity contribution in [3.8, 4) is 0 Å². The van der Waals surface area contributed by atoms with Crippen LogP contribution in [-0.2, 0) is 9.59 Å². The molecule has 0 saturated heterocycles. The second-order valence-electron chi connectivity index (χ2n) is 7.96. The van der Waals surface area contributed by atoms with Gasteiger partial charge in [-0.25, -0.2) is 4.98 Å². The van der Waals surface area contributed by atoms with Crippen LogP contribution >= 0.6 is 0 Å². The van der Waals surface area contributed by atoms with Crippen molar-refractivity contribution in [2.45, 2.75) is 40.2 Å². The van der Waals surface area contributed by atoms with E-state index in [1.165, 1.54) is 13.8 Å². The van der Waals surface area contributed by atoms with E-state index >= 15 is 0 Å². The molecule has 1 unspecified atom stereocenters. The molecule has 0 aliphatic carbocycles. The van der Waals surface area contributed by atoms with Crippen molar-refractivity contribution < 1.29 is 14.4 Å². The highest BCUT2D eigenvalue weighted by molar-refractivity contribution is 6.00. The fourth-order valence-corrected chi connectivity index (χ4v) is 3.40. The van der Waals surface area contributed by atoms with Gasteiger partial charge in [0, 0.05) is 30.8 Å². The molecule has 3 rings (SSSR count). The number of hydrogen-bond acceptors (Lipinski definition) is 4. The van der Waals surface area contributed by atoms with E-state index in [9.17, 15) is 14.4 Å². The lowest BCUT2D eigenvalue weighted by molar-refractivity contribution is -0.115. The second kappa shape index (κ2) is 9.42. The van der Waals surface area contributed by atoms with Gasteiger partial charge < -0.3 is 20.9 Å².